The standard InChI is InChI=1S/C6H15NO2/c1-6(2,8-3)4-5-9-7/h4-5,7H2,1-3H3. The smallest absolute Gasteiger partial charge is 0.0706 e. The van der Waals surface area contributed by atoms with Crippen molar-refractivity contribution in [2.24, 2.45) is 5.90 Å². The molecule has 0 aliphatic carbocycles. The van der Waals surface area contributed by atoms with Crippen LogP contribution in [0.15, 0.2) is 0 Å². The molecule has 0 spiro atoms. The molecule has 2 N–H and O–H groups in total. The van der Waals surface area contributed by atoms with E-state index < -0.39 is 0 Å². The van der Waals surface area contributed by atoms with E-state index in [4.69, 9.17) is 10.6 Å². The molecule has 3 nitrogen and oxygen atoms in total. The van der Waals surface area contributed by atoms with Crippen LogP contribution >= 0.6 is 0 Å². The van der Waals surface area contributed by atoms with Gasteiger partial charge in [0.2, 0.25) is 0 Å². The molecular formula is C6H15NO2. The summed E-state index contributed by atoms with van der Waals surface area (Å²) in [5, 5.41) is 0. The van der Waals surface area contributed by atoms with Crippen LogP contribution in [0.3, 0.4) is 0 Å². The summed E-state index contributed by atoms with van der Waals surface area (Å²) in [5.74, 6) is 4.83. The Morgan fingerprint density at radius 1 is 1.44 bits per heavy atom. The molecule has 9 heavy (non-hydrogen) atoms. The van der Waals surface area contributed by atoms with E-state index >= 15 is 0 Å². The Kier molecular flexibility index (Phi) is 3.77. The fraction of sp³-hybridized carbons (Fsp3) is 1.00. The Balaban J connectivity index is 3.33. The maximum atomic E-state index is 5.10. The minimum Gasteiger partial charge on any atom is -0.379 e. The van der Waals surface area contributed by atoms with Gasteiger partial charge in [-0.3, -0.25) is 0 Å². The lowest BCUT2D eigenvalue weighted by molar-refractivity contribution is -0.0101. The van der Waals surface area contributed by atoms with Crippen LogP contribution in [0.5, 0.6) is 0 Å². The summed E-state index contributed by atoms with van der Waals surface area (Å²) in [4.78, 5) is 4.40. The number of hydrogen-bond donors (Lipinski definition) is 1. The first-order chi connectivity index (χ1) is 4.12. The van der Waals surface area contributed by atoms with Crippen LogP contribution in [0.1, 0.15) is 20.3 Å². The molecule has 0 saturated carbocycles. The summed E-state index contributed by atoms with van der Waals surface area (Å²) in [5.41, 5.74) is -0.112. The summed E-state index contributed by atoms with van der Waals surface area (Å²) in [6.07, 6.45) is 0.819. The Hall–Kier alpha value is -0.120. The number of rotatable bonds is 4. The van der Waals surface area contributed by atoms with E-state index in [0.717, 1.165) is 6.42 Å². The molecule has 0 aliphatic rings. The van der Waals surface area contributed by atoms with E-state index in [0.29, 0.717) is 6.61 Å². The van der Waals surface area contributed by atoms with Crippen molar-refractivity contribution in [1.82, 2.24) is 0 Å². The van der Waals surface area contributed by atoms with Gasteiger partial charge in [0.05, 0.1) is 12.2 Å². The van der Waals surface area contributed by atoms with E-state index in [1.54, 1.807) is 7.11 Å². The molecule has 0 aromatic rings. The second-order valence-electron chi connectivity index (χ2n) is 2.58. The van der Waals surface area contributed by atoms with Gasteiger partial charge in [-0.1, -0.05) is 0 Å². The molecule has 0 radical (unpaired) electrons. The summed E-state index contributed by atoms with van der Waals surface area (Å²) < 4.78 is 5.10. The zero-order valence-corrected chi connectivity index (χ0v) is 6.31. The van der Waals surface area contributed by atoms with Crippen molar-refractivity contribution in [1.29, 1.82) is 0 Å². The highest BCUT2D eigenvalue weighted by Gasteiger charge is 2.14. The van der Waals surface area contributed by atoms with Crippen LogP contribution in [-0.4, -0.2) is 19.3 Å². The molecule has 0 amide bonds. The van der Waals surface area contributed by atoms with Crippen molar-refractivity contribution < 1.29 is 9.57 Å². The zero-order valence-electron chi connectivity index (χ0n) is 6.31. The molecule has 0 fully saturated rings. The lowest BCUT2D eigenvalue weighted by Crippen LogP contribution is -2.25. The van der Waals surface area contributed by atoms with Crippen LogP contribution in [0.25, 0.3) is 0 Å². The van der Waals surface area contributed by atoms with Crippen LogP contribution in [0.2, 0.25) is 0 Å². The molecule has 0 bridgehead atoms. The summed E-state index contributed by atoms with van der Waals surface area (Å²) in [7, 11) is 1.68. The van der Waals surface area contributed by atoms with Gasteiger partial charge in [-0.25, -0.2) is 5.90 Å². The van der Waals surface area contributed by atoms with Crippen molar-refractivity contribution >= 4 is 0 Å². The third-order valence-electron chi connectivity index (χ3n) is 1.37. The maximum Gasteiger partial charge on any atom is 0.0706 e. The highest BCUT2D eigenvalue weighted by molar-refractivity contribution is 4.65. The molecule has 3 heteroatoms. The van der Waals surface area contributed by atoms with Crippen LogP contribution in [0.4, 0.5) is 0 Å². The first-order valence-corrected chi connectivity index (χ1v) is 2.99. The fourth-order valence-electron chi connectivity index (χ4n) is 0.407. The first kappa shape index (κ1) is 8.88. The quantitative estimate of drug-likeness (QED) is 0.574. The maximum absolute atomic E-state index is 5.10. The Morgan fingerprint density at radius 3 is 2.33 bits per heavy atom. The van der Waals surface area contributed by atoms with E-state index in [-0.39, 0.29) is 5.60 Å². The van der Waals surface area contributed by atoms with Gasteiger partial charge in [-0.2, -0.15) is 0 Å². The minimum atomic E-state index is -0.112. The molecular weight excluding hydrogens is 118 g/mol. The third kappa shape index (κ3) is 4.39. The van der Waals surface area contributed by atoms with Crippen molar-refractivity contribution in [3.05, 3.63) is 0 Å². The van der Waals surface area contributed by atoms with Gasteiger partial charge in [0, 0.05) is 13.5 Å². The van der Waals surface area contributed by atoms with Crippen molar-refractivity contribution in [2.75, 3.05) is 13.7 Å². The highest BCUT2D eigenvalue weighted by atomic mass is 16.6. The minimum absolute atomic E-state index is 0.112. The highest BCUT2D eigenvalue weighted by Crippen LogP contribution is 2.11. The Labute approximate surface area is 56.1 Å². The zero-order chi connectivity index (χ0) is 7.33. The second-order valence-corrected chi connectivity index (χ2v) is 2.58. The van der Waals surface area contributed by atoms with Gasteiger partial charge < -0.3 is 9.57 Å². The molecule has 0 unspecified atom stereocenters. The van der Waals surface area contributed by atoms with Gasteiger partial charge in [0.15, 0.2) is 0 Å². The summed E-state index contributed by atoms with van der Waals surface area (Å²) in [6.45, 7) is 4.53. The lowest BCUT2D eigenvalue weighted by Gasteiger charge is -2.21. The Bertz CT molecular complexity index is 73.5. The van der Waals surface area contributed by atoms with Crippen LogP contribution in [0, 0.1) is 0 Å². The SMILES string of the molecule is COC(C)(C)CCON. The van der Waals surface area contributed by atoms with Gasteiger partial charge in [-0.15, -0.1) is 0 Å². The van der Waals surface area contributed by atoms with Crippen molar-refractivity contribution in [2.45, 2.75) is 25.9 Å². The van der Waals surface area contributed by atoms with Crippen molar-refractivity contribution in [3.8, 4) is 0 Å². The van der Waals surface area contributed by atoms with Crippen LogP contribution in [-0.2, 0) is 9.57 Å². The second kappa shape index (κ2) is 3.82. The van der Waals surface area contributed by atoms with E-state index in [2.05, 4.69) is 4.84 Å². The Morgan fingerprint density at radius 2 is 2.00 bits per heavy atom. The van der Waals surface area contributed by atoms with Crippen molar-refractivity contribution in [3.63, 3.8) is 0 Å². The molecule has 0 atom stereocenters. The van der Waals surface area contributed by atoms with E-state index in [9.17, 15) is 0 Å². The molecule has 56 valence electrons. The third-order valence-corrected chi connectivity index (χ3v) is 1.37. The fourth-order valence-corrected chi connectivity index (χ4v) is 0.407. The summed E-state index contributed by atoms with van der Waals surface area (Å²) in [6, 6.07) is 0. The lowest BCUT2D eigenvalue weighted by atomic mass is 10.1. The van der Waals surface area contributed by atoms with Gasteiger partial charge in [0.1, 0.15) is 0 Å². The predicted molar refractivity (Wildman–Crippen MR) is 35.8 cm³/mol. The predicted octanol–water partition coefficient (Wildman–Crippen LogP) is 0.692. The normalized spacial score (nSPS) is 12.0. The molecule has 0 aliphatic heterocycles. The molecule has 0 rings (SSSR count). The average Bonchev–Trinajstić information content (AvgIpc) is 1.84. The molecule has 0 aromatic heterocycles. The number of methoxy groups -OCH3 is 1. The monoisotopic (exact) mass is 133 g/mol. The topological polar surface area (TPSA) is 44.5 Å². The molecule has 0 saturated heterocycles. The van der Waals surface area contributed by atoms with E-state index in [1.165, 1.54) is 0 Å². The number of nitrogens with two attached hydrogens (primary N) is 1. The number of ether oxygens (including phenoxy) is 1. The van der Waals surface area contributed by atoms with E-state index in [1.807, 2.05) is 13.8 Å². The van der Waals surface area contributed by atoms with Gasteiger partial charge in [0.25, 0.3) is 0 Å². The average molecular weight is 133 g/mol. The first-order valence-electron chi connectivity index (χ1n) is 2.99. The largest absolute Gasteiger partial charge is 0.379 e. The summed E-state index contributed by atoms with van der Waals surface area (Å²) >= 11 is 0. The molecule has 0 heterocycles. The molecule has 0 aromatic carbocycles. The van der Waals surface area contributed by atoms with Gasteiger partial charge >= 0.3 is 0 Å². The number of hydrogen-bond acceptors (Lipinski definition) is 3. The van der Waals surface area contributed by atoms with Gasteiger partial charge in [-0.05, 0) is 13.8 Å². The van der Waals surface area contributed by atoms with Crippen LogP contribution < -0.4 is 5.90 Å².